The van der Waals surface area contributed by atoms with Crippen molar-refractivity contribution in [3.05, 3.63) is 29.6 Å². The summed E-state index contributed by atoms with van der Waals surface area (Å²) >= 11 is 0. The molecule has 1 rings (SSSR count). The summed E-state index contributed by atoms with van der Waals surface area (Å²) in [6.45, 7) is 3.60. The Labute approximate surface area is 126 Å². The molecule has 0 aliphatic carbocycles. The highest BCUT2D eigenvalue weighted by Crippen LogP contribution is 2.33. The van der Waals surface area contributed by atoms with Gasteiger partial charge in [-0.05, 0) is 24.1 Å². The zero-order valence-corrected chi connectivity index (χ0v) is 12.3. The maximum absolute atomic E-state index is 13.1. The molecule has 0 aliphatic rings. The highest BCUT2D eigenvalue weighted by molar-refractivity contribution is 5.94. The van der Waals surface area contributed by atoms with Crippen LogP contribution in [0.25, 0.3) is 0 Å². The average Bonchev–Trinajstić information content (AvgIpc) is 2.37. The fourth-order valence-electron chi connectivity index (χ4n) is 1.56. The van der Waals surface area contributed by atoms with Gasteiger partial charge in [-0.2, -0.15) is 13.2 Å². The number of amides is 1. The molecule has 1 aromatic rings. The van der Waals surface area contributed by atoms with E-state index in [1.165, 1.54) is 0 Å². The Morgan fingerprint density at radius 1 is 1.38 bits per heavy atom. The molecule has 0 fully saturated rings. The van der Waals surface area contributed by atoms with Gasteiger partial charge in [-0.1, -0.05) is 20.3 Å². The van der Waals surface area contributed by atoms with Crippen LogP contribution in [-0.2, 0) is 11.0 Å². The van der Waals surface area contributed by atoms with Crippen molar-refractivity contribution < 1.29 is 22.4 Å². The number of halogens is 5. The Morgan fingerprint density at radius 3 is 2.43 bits per heavy atom. The van der Waals surface area contributed by atoms with Crippen LogP contribution in [-0.4, -0.2) is 11.9 Å². The number of hydrogen-bond donors (Lipinski definition) is 2. The Balaban J connectivity index is 0.00000400. The Morgan fingerprint density at radius 2 is 1.95 bits per heavy atom. The molecule has 2 atom stereocenters. The summed E-state index contributed by atoms with van der Waals surface area (Å²) in [6.07, 6.45) is -4.16. The molecule has 120 valence electrons. The zero-order valence-electron chi connectivity index (χ0n) is 11.5. The van der Waals surface area contributed by atoms with Crippen molar-refractivity contribution >= 4 is 24.0 Å². The third-order valence-electron chi connectivity index (χ3n) is 3.10. The third kappa shape index (κ3) is 5.17. The van der Waals surface area contributed by atoms with E-state index in [4.69, 9.17) is 5.73 Å². The molecule has 2 unspecified atom stereocenters. The number of carbonyl (C=O) groups is 1. The number of nitrogens with two attached hydrogens (primary N) is 1. The largest absolute Gasteiger partial charge is 0.419 e. The van der Waals surface area contributed by atoms with Crippen molar-refractivity contribution in [2.24, 2.45) is 11.7 Å². The lowest BCUT2D eigenvalue weighted by Crippen LogP contribution is -2.40. The number of rotatable bonds is 4. The van der Waals surface area contributed by atoms with Gasteiger partial charge in [-0.3, -0.25) is 4.79 Å². The number of carbonyl (C=O) groups excluding carboxylic acids is 1. The van der Waals surface area contributed by atoms with Crippen molar-refractivity contribution in [1.29, 1.82) is 0 Å². The van der Waals surface area contributed by atoms with Crippen LogP contribution in [0, 0.1) is 11.7 Å². The lowest BCUT2D eigenvalue weighted by atomic mass is 9.99. The van der Waals surface area contributed by atoms with Crippen molar-refractivity contribution in [3.8, 4) is 0 Å². The average molecular weight is 329 g/mol. The maximum Gasteiger partial charge on any atom is 0.419 e. The predicted molar refractivity (Wildman–Crippen MR) is 74.7 cm³/mol. The number of hydrogen-bond acceptors (Lipinski definition) is 2. The van der Waals surface area contributed by atoms with Gasteiger partial charge in [0.1, 0.15) is 5.82 Å². The molecule has 0 aliphatic heterocycles. The van der Waals surface area contributed by atoms with Crippen molar-refractivity contribution in [2.75, 3.05) is 5.32 Å². The molecule has 8 heteroatoms. The molecule has 0 aromatic heterocycles. The minimum atomic E-state index is -4.82. The van der Waals surface area contributed by atoms with Gasteiger partial charge in [0.25, 0.3) is 0 Å². The monoisotopic (exact) mass is 328 g/mol. The normalized spacial score (nSPS) is 14.0. The first kappa shape index (κ1) is 19.7. The van der Waals surface area contributed by atoms with Crippen molar-refractivity contribution in [2.45, 2.75) is 32.5 Å². The topological polar surface area (TPSA) is 55.1 Å². The molecule has 0 bridgehead atoms. The molecule has 0 saturated heterocycles. The highest BCUT2D eigenvalue weighted by atomic mass is 35.5. The van der Waals surface area contributed by atoms with Crippen LogP contribution in [0.4, 0.5) is 23.2 Å². The van der Waals surface area contributed by atoms with E-state index >= 15 is 0 Å². The summed E-state index contributed by atoms with van der Waals surface area (Å²) in [5.74, 6) is -2.10. The SMILES string of the molecule is CCC(C)C(N)C(=O)Nc1ccc(F)c(C(F)(F)F)c1.Cl. The van der Waals surface area contributed by atoms with Crippen LogP contribution < -0.4 is 11.1 Å². The minimum absolute atomic E-state index is 0. The molecule has 3 nitrogen and oxygen atoms in total. The fraction of sp³-hybridized carbons (Fsp3) is 0.462. The second-order valence-corrected chi connectivity index (χ2v) is 4.59. The lowest BCUT2D eigenvalue weighted by Gasteiger charge is -2.18. The van der Waals surface area contributed by atoms with Gasteiger partial charge in [-0.25, -0.2) is 4.39 Å². The molecule has 0 saturated carbocycles. The van der Waals surface area contributed by atoms with Gasteiger partial charge in [0.15, 0.2) is 0 Å². The van der Waals surface area contributed by atoms with Crippen LogP contribution in [0.15, 0.2) is 18.2 Å². The number of nitrogens with one attached hydrogen (secondary N) is 1. The first-order valence-electron chi connectivity index (χ1n) is 6.10. The molecule has 1 aromatic carbocycles. The van der Waals surface area contributed by atoms with Crippen LogP contribution in [0.5, 0.6) is 0 Å². The van der Waals surface area contributed by atoms with E-state index in [1.54, 1.807) is 6.92 Å². The van der Waals surface area contributed by atoms with E-state index in [9.17, 15) is 22.4 Å². The molecule has 3 N–H and O–H groups in total. The van der Waals surface area contributed by atoms with E-state index in [0.29, 0.717) is 18.6 Å². The zero-order chi connectivity index (χ0) is 15.5. The summed E-state index contributed by atoms with van der Waals surface area (Å²) in [5, 5.41) is 2.27. The van der Waals surface area contributed by atoms with Crippen LogP contribution in [0.3, 0.4) is 0 Å². The Kier molecular flexibility index (Phi) is 7.12. The summed E-state index contributed by atoms with van der Waals surface area (Å²) < 4.78 is 50.7. The van der Waals surface area contributed by atoms with E-state index in [-0.39, 0.29) is 24.0 Å². The smallest absolute Gasteiger partial charge is 0.325 e. The van der Waals surface area contributed by atoms with Crippen LogP contribution >= 0.6 is 12.4 Å². The van der Waals surface area contributed by atoms with Gasteiger partial charge >= 0.3 is 6.18 Å². The minimum Gasteiger partial charge on any atom is -0.325 e. The first-order valence-corrected chi connectivity index (χ1v) is 6.10. The van der Waals surface area contributed by atoms with Gasteiger partial charge in [-0.15, -0.1) is 12.4 Å². The Hall–Kier alpha value is -1.34. The molecule has 0 heterocycles. The first-order chi connectivity index (χ1) is 9.16. The van der Waals surface area contributed by atoms with E-state index in [2.05, 4.69) is 5.32 Å². The summed E-state index contributed by atoms with van der Waals surface area (Å²) in [4.78, 5) is 11.7. The van der Waals surface area contributed by atoms with E-state index in [1.807, 2.05) is 6.92 Å². The molecular weight excluding hydrogens is 312 g/mol. The third-order valence-corrected chi connectivity index (χ3v) is 3.10. The second-order valence-electron chi connectivity index (χ2n) is 4.59. The van der Waals surface area contributed by atoms with Crippen LogP contribution in [0.1, 0.15) is 25.8 Å². The fourth-order valence-corrected chi connectivity index (χ4v) is 1.56. The molecule has 0 radical (unpaired) electrons. The molecular formula is C13H17ClF4N2O. The summed E-state index contributed by atoms with van der Waals surface area (Å²) in [6, 6.07) is 1.44. The molecule has 1 amide bonds. The number of benzene rings is 1. The molecule has 0 spiro atoms. The molecule has 21 heavy (non-hydrogen) atoms. The summed E-state index contributed by atoms with van der Waals surface area (Å²) in [7, 11) is 0. The maximum atomic E-state index is 13.1. The van der Waals surface area contributed by atoms with E-state index in [0.717, 1.165) is 6.07 Å². The predicted octanol–water partition coefficient (Wildman–Crippen LogP) is 3.58. The van der Waals surface area contributed by atoms with E-state index < -0.39 is 29.5 Å². The number of alkyl halides is 3. The summed E-state index contributed by atoms with van der Waals surface area (Å²) in [5.41, 5.74) is 4.10. The van der Waals surface area contributed by atoms with Crippen molar-refractivity contribution in [1.82, 2.24) is 0 Å². The van der Waals surface area contributed by atoms with Crippen LogP contribution in [0.2, 0.25) is 0 Å². The second kappa shape index (κ2) is 7.61. The standard InChI is InChI=1S/C13H16F4N2O.ClH/c1-3-7(2)11(18)12(20)19-8-4-5-10(14)9(6-8)13(15,16)17;/h4-7,11H,3,18H2,1-2H3,(H,19,20);1H. The number of anilines is 1. The van der Waals surface area contributed by atoms with Crippen molar-refractivity contribution in [3.63, 3.8) is 0 Å². The quantitative estimate of drug-likeness (QED) is 0.830. The van der Waals surface area contributed by atoms with Gasteiger partial charge in [0.05, 0.1) is 11.6 Å². The van der Waals surface area contributed by atoms with Gasteiger partial charge < -0.3 is 11.1 Å². The van der Waals surface area contributed by atoms with Gasteiger partial charge in [0, 0.05) is 5.69 Å². The van der Waals surface area contributed by atoms with Gasteiger partial charge in [0.2, 0.25) is 5.91 Å². The Bertz CT molecular complexity index is 494. The highest BCUT2D eigenvalue weighted by Gasteiger charge is 2.34. The lowest BCUT2D eigenvalue weighted by molar-refractivity contribution is -0.140.